The summed E-state index contributed by atoms with van der Waals surface area (Å²) in [6, 6.07) is -0.206. The van der Waals surface area contributed by atoms with E-state index in [1.807, 2.05) is 20.9 Å². The van der Waals surface area contributed by atoms with Crippen molar-refractivity contribution >= 4 is 0 Å². The second-order valence-electron chi connectivity index (χ2n) is 3.33. The van der Waals surface area contributed by atoms with Crippen molar-refractivity contribution in [2.45, 2.75) is 32.4 Å². The lowest BCUT2D eigenvalue weighted by Gasteiger charge is -2.16. The summed E-state index contributed by atoms with van der Waals surface area (Å²) in [7, 11) is 1.85. The summed E-state index contributed by atoms with van der Waals surface area (Å²) in [5.74, 6) is 0. The van der Waals surface area contributed by atoms with Crippen LogP contribution in [0.25, 0.3) is 0 Å². The number of rotatable bonds is 3. The third-order valence-electron chi connectivity index (χ3n) is 2.47. The molecular weight excluding hydrogens is 166 g/mol. The maximum Gasteiger partial charge on any atom is 0.0973 e. The summed E-state index contributed by atoms with van der Waals surface area (Å²) in [5, 5.41) is 13.9. The number of aliphatic hydroxyl groups excluding tert-OH is 1. The van der Waals surface area contributed by atoms with E-state index in [1.54, 1.807) is 10.9 Å². The highest BCUT2D eigenvalue weighted by Crippen LogP contribution is 2.19. The van der Waals surface area contributed by atoms with E-state index >= 15 is 0 Å². The fourth-order valence-corrected chi connectivity index (χ4v) is 1.26. The van der Waals surface area contributed by atoms with Crippen molar-refractivity contribution in [3.05, 3.63) is 17.5 Å². The van der Waals surface area contributed by atoms with Crippen LogP contribution in [0.1, 0.15) is 30.7 Å². The highest BCUT2D eigenvalue weighted by atomic mass is 16.3. The van der Waals surface area contributed by atoms with Crippen molar-refractivity contribution < 1.29 is 5.11 Å². The summed E-state index contributed by atoms with van der Waals surface area (Å²) in [6.07, 6.45) is 1.84. The molecule has 4 nitrogen and oxygen atoms in total. The molecule has 0 aliphatic heterocycles. The summed E-state index contributed by atoms with van der Waals surface area (Å²) >= 11 is 0. The lowest BCUT2D eigenvalue weighted by molar-refractivity contribution is 0.143. The Morgan fingerprint density at radius 1 is 1.69 bits per heavy atom. The second kappa shape index (κ2) is 3.89. The molecule has 74 valence electrons. The van der Waals surface area contributed by atoms with Gasteiger partial charge in [-0.3, -0.25) is 4.68 Å². The zero-order chi connectivity index (χ0) is 10.0. The van der Waals surface area contributed by atoms with Gasteiger partial charge in [-0.1, -0.05) is 6.92 Å². The van der Waals surface area contributed by atoms with E-state index in [1.165, 1.54) is 0 Å². The molecule has 0 aliphatic carbocycles. The molecule has 4 heteroatoms. The molecule has 1 aromatic rings. The smallest absolute Gasteiger partial charge is 0.0973 e. The number of aryl methyl sites for hydroxylation is 1. The minimum Gasteiger partial charge on any atom is -0.387 e. The van der Waals surface area contributed by atoms with Gasteiger partial charge in [0.25, 0.3) is 0 Å². The first-order valence-corrected chi connectivity index (χ1v) is 4.50. The Hall–Kier alpha value is -0.870. The highest BCUT2D eigenvalue weighted by molar-refractivity contribution is 5.20. The van der Waals surface area contributed by atoms with Crippen LogP contribution in [-0.2, 0) is 7.05 Å². The summed E-state index contributed by atoms with van der Waals surface area (Å²) < 4.78 is 1.74. The van der Waals surface area contributed by atoms with Crippen LogP contribution < -0.4 is 5.73 Å². The minimum absolute atomic E-state index is 0.206. The summed E-state index contributed by atoms with van der Waals surface area (Å²) in [4.78, 5) is 0. The van der Waals surface area contributed by atoms with Crippen molar-refractivity contribution in [3.8, 4) is 0 Å². The standard InChI is InChI=1S/C9H17N3O/c1-4-8(10)9(13)7-5-11-12(3)6(7)2/h5,8-9,13H,4,10H2,1-3H3. The van der Waals surface area contributed by atoms with Gasteiger partial charge >= 0.3 is 0 Å². The average Bonchev–Trinajstić information content (AvgIpc) is 2.45. The van der Waals surface area contributed by atoms with Gasteiger partial charge in [-0.2, -0.15) is 5.10 Å². The van der Waals surface area contributed by atoms with Gasteiger partial charge in [0.15, 0.2) is 0 Å². The molecule has 0 saturated heterocycles. The first-order valence-electron chi connectivity index (χ1n) is 4.50. The van der Waals surface area contributed by atoms with E-state index in [0.29, 0.717) is 0 Å². The molecule has 2 unspecified atom stereocenters. The van der Waals surface area contributed by atoms with Gasteiger partial charge in [-0.25, -0.2) is 0 Å². The van der Waals surface area contributed by atoms with Crippen LogP contribution in [-0.4, -0.2) is 20.9 Å². The van der Waals surface area contributed by atoms with Gasteiger partial charge in [0.05, 0.1) is 12.3 Å². The lowest BCUT2D eigenvalue weighted by Crippen LogP contribution is -2.27. The molecule has 1 aromatic heterocycles. The van der Waals surface area contributed by atoms with Gasteiger partial charge in [-0.05, 0) is 13.3 Å². The van der Waals surface area contributed by atoms with Crippen LogP contribution in [0.15, 0.2) is 6.20 Å². The molecule has 1 heterocycles. The molecule has 13 heavy (non-hydrogen) atoms. The normalized spacial score (nSPS) is 15.8. The molecule has 0 fully saturated rings. The van der Waals surface area contributed by atoms with Crippen LogP contribution in [0.4, 0.5) is 0 Å². The van der Waals surface area contributed by atoms with E-state index < -0.39 is 6.10 Å². The number of nitrogens with zero attached hydrogens (tertiary/aromatic N) is 2. The predicted octanol–water partition coefficient (Wildman–Crippen LogP) is 0.499. The zero-order valence-electron chi connectivity index (χ0n) is 8.36. The van der Waals surface area contributed by atoms with Gasteiger partial charge in [0.1, 0.15) is 0 Å². The molecule has 3 N–H and O–H groups in total. The number of aromatic nitrogens is 2. The minimum atomic E-state index is -0.598. The molecule has 0 radical (unpaired) electrons. The fraction of sp³-hybridized carbons (Fsp3) is 0.667. The number of hydrogen-bond donors (Lipinski definition) is 2. The Kier molecular flexibility index (Phi) is 3.06. The van der Waals surface area contributed by atoms with Crippen molar-refractivity contribution in [2.75, 3.05) is 0 Å². The zero-order valence-corrected chi connectivity index (χ0v) is 8.36. The summed E-state index contributed by atoms with van der Waals surface area (Å²) in [5.41, 5.74) is 7.54. The molecule has 0 saturated carbocycles. The second-order valence-corrected chi connectivity index (χ2v) is 3.33. The first-order chi connectivity index (χ1) is 6.07. The molecule has 1 rings (SSSR count). The quantitative estimate of drug-likeness (QED) is 0.717. The van der Waals surface area contributed by atoms with Crippen LogP contribution >= 0.6 is 0 Å². The Morgan fingerprint density at radius 2 is 2.31 bits per heavy atom. The van der Waals surface area contributed by atoms with E-state index in [0.717, 1.165) is 17.7 Å². The van der Waals surface area contributed by atoms with Gasteiger partial charge in [0, 0.05) is 24.3 Å². The van der Waals surface area contributed by atoms with Gasteiger partial charge < -0.3 is 10.8 Å². The highest BCUT2D eigenvalue weighted by Gasteiger charge is 2.19. The Bertz CT molecular complexity index is 282. The van der Waals surface area contributed by atoms with Crippen molar-refractivity contribution in [2.24, 2.45) is 12.8 Å². The summed E-state index contributed by atoms with van der Waals surface area (Å²) in [6.45, 7) is 3.88. The molecule has 0 aromatic carbocycles. The monoisotopic (exact) mass is 183 g/mol. The third kappa shape index (κ3) is 1.89. The maximum absolute atomic E-state index is 9.80. The molecular formula is C9H17N3O. The molecule has 0 aliphatic rings. The number of nitrogens with two attached hydrogens (primary N) is 1. The van der Waals surface area contributed by atoms with Crippen molar-refractivity contribution in [1.82, 2.24) is 9.78 Å². The lowest BCUT2D eigenvalue weighted by atomic mass is 10.0. The number of aliphatic hydroxyl groups is 1. The Balaban J connectivity index is 2.88. The molecule has 0 amide bonds. The SMILES string of the molecule is CCC(N)C(O)c1cnn(C)c1C. The van der Waals surface area contributed by atoms with E-state index in [-0.39, 0.29) is 6.04 Å². The molecule has 0 spiro atoms. The number of hydrogen-bond acceptors (Lipinski definition) is 3. The van der Waals surface area contributed by atoms with Crippen LogP contribution in [0.5, 0.6) is 0 Å². The largest absolute Gasteiger partial charge is 0.387 e. The molecule has 2 atom stereocenters. The average molecular weight is 183 g/mol. The van der Waals surface area contributed by atoms with E-state index in [4.69, 9.17) is 5.73 Å². The van der Waals surface area contributed by atoms with Crippen LogP contribution in [0, 0.1) is 6.92 Å². The first kappa shape index (κ1) is 10.2. The molecule has 0 bridgehead atoms. The van der Waals surface area contributed by atoms with Crippen LogP contribution in [0.2, 0.25) is 0 Å². The fourth-order valence-electron chi connectivity index (χ4n) is 1.26. The van der Waals surface area contributed by atoms with E-state index in [2.05, 4.69) is 5.10 Å². The van der Waals surface area contributed by atoms with Gasteiger partial charge in [-0.15, -0.1) is 0 Å². The Morgan fingerprint density at radius 3 is 2.69 bits per heavy atom. The topological polar surface area (TPSA) is 64.1 Å². The van der Waals surface area contributed by atoms with Crippen LogP contribution in [0.3, 0.4) is 0 Å². The predicted molar refractivity (Wildman–Crippen MR) is 51.2 cm³/mol. The maximum atomic E-state index is 9.80. The third-order valence-corrected chi connectivity index (χ3v) is 2.47. The van der Waals surface area contributed by atoms with E-state index in [9.17, 15) is 5.11 Å². The van der Waals surface area contributed by atoms with Gasteiger partial charge in [0.2, 0.25) is 0 Å². The Labute approximate surface area is 78.4 Å². The van der Waals surface area contributed by atoms with Crippen molar-refractivity contribution in [3.63, 3.8) is 0 Å². The van der Waals surface area contributed by atoms with Crippen molar-refractivity contribution in [1.29, 1.82) is 0 Å².